The Morgan fingerprint density at radius 1 is 0.833 bits per heavy atom. The first-order chi connectivity index (χ1) is 1.00. The van der Waals surface area contributed by atoms with E-state index in [0.29, 0.717) is 0 Å². The van der Waals surface area contributed by atoms with E-state index in [0.717, 1.165) is 0 Å². The standard InChI is InChI=1S/Al.H2O.3O.Ti/h;1H2;;;;/q+3;;3*-2;+4/p-1. The van der Waals surface area contributed by atoms with Crippen molar-refractivity contribution in [3.8, 4) is 0 Å². The van der Waals surface area contributed by atoms with Crippen molar-refractivity contribution in [2.45, 2.75) is 0 Å². The SMILES string of the molecule is [O-2].[O-2].[O-2].[OH][Al+2].[Ti+4]. The van der Waals surface area contributed by atoms with Crippen LogP contribution in [0.5, 0.6) is 0 Å². The zero-order valence-electron chi connectivity index (χ0n) is 2.75. The molecule has 1 N–H and O–H groups in total. The van der Waals surface area contributed by atoms with E-state index in [4.69, 9.17) is 4.16 Å². The molecule has 0 saturated carbocycles. The van der Waals surface area contributed by atoms with Crippen LogP contribution in [0.15, 0.2) is 0 Å². The molecule has 0 spiro atoms. The van der Waals surface area contributed by atoms with E-state index in [1.165, 1.54) is 16.6 Å². The summed E-state index contributed by atoms with van der Waals surface area (Å²) < 4.78 is 6.92. The van der Waals surface area contributed by atoms with Crippen LogP contribution in [-0.4, -0.2) is 20.8 Å². The van der Waals surface area contributed by atoms with Gasteiger partial charge in [0.2, 0.25) is 0 Å². The number of hydrogen-bond donors (Lipinski definition) is 1. The first kappa shape index (κ1) is 60.3. The second kappa shape index (κ2) is 133. The predicted octanol–water partition coefficient (Wildman–Crippen LogP) is -1.30. The predicted molar refractivity (Wildman–Crippen MR) is 10.0 cm³/mol. The van der Waals surface area contributed by atoms with Crippen molar-refractivity contribution in [1.82, 2.24) is 0 Å². The van der Waals surface area contributed by atoms with E-state index >= 15 is 0 Å². The van der Waals surface area contributed by atoms with Crippen LogP contribution in [-0.2, 0) is 38.1 Å². The zero-order chi connectivity index (χ0) is 2.00. The summed E-state index contributed by atoms with van der Waals surface area (Å²) in [5.41, 5.74) is 0. The first-order valence-electron chi connectivity index (χ1n) is 0.258. The van der Waals surface area contributed by atoms with Gasteiger partial charge in [0.25, 0.3) is 0 Å². The Labute approximate surface area is 59.1 Å². The molecule has 0 aromatic carbocycles. The number of hydrogen-bond acceptors (Lipinski definition) is 1. The normalized spacial score (nSPS) is 1.17. The molecule has 0 aromatic rings. The van der Waals surface area contributed by atoms with E-state index in [1.54, 1.807) is 0 Å². The monoisotopic (exact) mass is 140 g/mol. The largest absolute Gasteiger partial charge is 4.00 e. The Bertz CT molecular complexity index is 7.51. The van der Waals surface area contributed by atoms with Gasteiger partial charge in [0, 0.05) is 0 Å². The summed E-state index contributed by atoms with van der Waals surface area (Å²) in [5, 5.41) is 0. The summed E-state index contributed by atoms with van der Waals surface area (Å²) >= 11 is 1.42. The summed E-state index contributed by atoms with van der Waals surface area (Å²) in [7, 11) is 0. The molecule has 0 fully saturated rings. The van der Waals surface area contributed by atoms with Gasteiger partial charge in [-0.15, -0.1) is 0 Å². The van der Waals surface area contributed by atoms with Crippen molar-refractivity contribution in [3.05, 3.63) is 0 Å². The zero-order valence-corrected chi connectivity index (χ0v) is 5.47. The van der Waals surface area contributed by atoms with Crippen molar-refractivity contribution < 1.29 is 42.3 Å². The minimum atomic E-state index is 0. The molecule has 0 aliphatic heterocycles. The Morgan fingerprint density at radius 2 is 0.833 bits per heavy atom. The molecule has 0 aliphatic rings. The van der Waals surface area contributed by atoms with Crippen LogP contribution >= 0.6 is 0 Å². The second-order valence-electron chi connectivity index (χ2n) is 0. The Morgan fingerprint density at radius 3 is 0.833 bits per heavy atom. The van der Waals surface area contributed by atoms with Crippen molar-refractivity contribution in [2.75, 3.05) is 0 Å². The van der Waals surface area contributed by atoms with Gasteiger partial charge < -0.3 is 16.4 Å². The Kier molecular flexibility index (Phi) is 1340. The van der Waals surface area contributed by atoms with Crippen molar-refractivity contribution in [3.63, 3.8) is 0 Å². The minimum Gasteiger partial charge on any atom is 4.00 e. The maximum absolute atomic E-state index is 6.92. The van der Waals surface area contributed by atoms with Crippen LogP contribution in [0.3, 0.4) is 0 Å². The van der Waals surface area contributed by atoms with Crippen LogP contribution in [0.25, 0.3) is 0 Å². The topological polar surface area (TPSA) is 106 Å². The van der Waals surface area contributed by atoms with Crippen LogP contribution in [0.4, 0.5) is 0 Å². The molecule has 0 rings (SSSR count). The van der Waals surface area contributed by atoms with Gasteiger partial charge in [-0.3, -0.25) is 0 Å². The molecule has 0 amide bonds. The smallest absolute Gasteiger partial charge is 4.00 e. The molecule has 0 heterocycles. The quantitative estimate of drug-likeness (QED) is 0.415. The van der Waals surface area contributed by atoms with Gasteiger partial charge in [0.1, 0.15) is 0 Å². The summed E-state index contributed by atoms with van der Waals surface area (Å²) in [6, 6.07) is 0. The molecule has 32 valence electrons. The van der Waals surface area contributed by atoms with E-state index < -0.39 is 0 Å². The molecule has 0 aromatic heterocycles. The summed E-state index contributed by atoms with van der Waals surface area (Å²) in [6.45, 7) is 0. The molecular weight excluding hydrogens is 139 g/mol. The van der Waals surface area contributed by atoms with E-state index in [9.17, 15) is 0 Å². The molecule has 6 heteroatoms. The van der Waals surface area contributed by atoms with Gasteiger partial charge in [0.05, 0.1) is 0 Å². The van der Waals surface area contributed by atoms with Gasteiger partial charge in [-0.2, -0.15) is 0 Å². The molecule has 6 heavy (non-hydrogen) atoms. The third kappa shape index (κ3) is 71.9. The molecule has 0 radical (unpaired) electrons. The maximum atomic E-state index is 6.92. The Balaban J connectivity index is -0.000000000833. The van der Waals surface area contributed by atoms with E-state index in [1.807, 2.05) is 0 Å². The third-order valence-corrected chi connectivity index (χ3v) is 0. The van der Waals surface area contributed by atoms with Crippen molar-refractivity contribution in [2.24, 2.45) is 0 Å². The van der Waals surface area contributed by atoms with Gasteiger partial charge in [-0.05, 0) is 0 Å². The van der Waals surface area contributed by atoms with Gasteiger partial charge in [-0.25, -0.2) is 0 Å². The molecule has 0 bridgehead atoms. The first-order valence-corrected chi connectivity index (χ1v) is 0.775. The van der Waals surface area contributed by atoms with Crippen molar-refractivity contribution >= 4 is 16.6 Å². The van der Waals surface area contributed by atoms with E-state index in [-0.39, 0.29) is 38.1 Å². The van der Waals surface area contributed by atoms with E-state index in [2.05, 4.69) is 0 Å². The minimum absolute atomic E-state index is 0. The van der Waals surface area contributed by atoms with Crippen LogP contribution in [0.1, 0.15) is 0 Å². The fraction of sp³-hybridized carbons (Fsp3) is 0. The van der Waals surface area contributed by atoms with Gasteiger partial charge >= 0.3 is 42.5 Å². The van der Waals surface area contributed by atoms with Crippen LogP contribution in [0, 0.1) is 0 Å². The number of rotatable bonds is 0. The summed E-state index contributed by atoms with van der Waals surface area (Å²) in [6.07, 6.45) is 0. The molecule has 0 aliphatic carbocycles. The molecule has 0 unspecified atom stereocenters. The van der Waals surface area contributed by atoms with Gasteiger partial charge in [-0.1, -0.05) is 0 Å². The average molecular weight is 140 g/mol. The summed E-state index contributed by atoms with van der Waals surface area (Å²) in [4.78, 5) is 0. The molecule has 4 nitrogen and oxygen atoms in total. The second-order valence-corrected chi connectivity index (χ2v) is 0. The fourth-order valence-electron chi connectivity index (χ4n) is 0. The molecular formula is HAlO4Ti. The Hall–Kier alpha value is 1.09. The van der Waals surface area contributed by atoms with Crippen molar-refractivity contribution in [1.29, 1.82) is 0 Å². The average Bonchev–Trinajstić information content (AvgIpc) is 1.00. The van der Waals surface area contributed by atoms with Crippen LogP contribution < -0.4 is 0 Å². The molecule has 0 saturated heterocycles. The van der Waals surface area contributed by atoms with Crippen LogP contribution in [0.2, 0.25) is 0 Å². The van der Waals surface area contributed by atoms with Gasteiger partial charge in [0.15, 0.2) is 0 Å². The molecule has 0 atom stereocenters. The fourth-order valence-corrected chi connectivity index (χ4v) is 0. The third-order valence-electron chi connectivity index (χ3n) is 0. The summed E-state index contributed by atoms with van der Waals surface area (Å²) in [5.74, 6) is 0. The maximum Gasteiger partial charge on any atom is 4.00 e.